The Labute approximate surface area is 380 Å². The van der Waals surface area contributed by atoms with Crippen LogP contribution in [0.4, 0.5) is 17.1 Å². The van der Waals surface area contributed by atoms with Gasteiger partial charge in [0.25, 0.3) is 0 Å². The van der Waals surface area contributed by atoms with Crippen molar-refractivity contribution >= 4 is 55.7 Å². The highest BCUT2D eigenvalue weighted by Gasteiger charge is 2.26. The van der Waals surface area contributed by atoms with Crippen LogP contribution in [0, 0.1) is 0 Å². The van der Waals surface area contributed by atoms with Gasteiger partial charge in [0.05, 0.1) is 11.0 Å². The number of benzene rings is 6. The summed E-state index contributed by atoms with van der Waals surface area (Å²) < 4.78 is 2.44. The van der Waals surface area contributed by atoms with E-state index in [1.54, 1.807) is 0 Å². The van der Waals surface area contributed by atoms with Crippen LogP contribution in [0.1, 0.15) is 92.7 Å². The first-order chi connectivity index (χ1) is 31.3. The van der Waals surface area contributed by atoms with E-state index in [0.29, 0.717) is 5.92 Å². The fourth-order valence-electron chi connectivity index (χ4n) is 10.4. The summed E-state index contributed by atoms with van der Waals surface area (Å²) in [6, 6.07) is 47.9. The zero-order valence-corrected chi connectivity index (χ0v) is 37.8. The third-order valence-corrected chi connectivity index (χ3v) is 13.9. The summed E-state index contributed by atoms with van der Waals surface area (Å²) in [6.07, 6.45) is 28.7. The maximum absolute atomic E-state index is 4.62. The molecule has 0 N–H and O–H groups in total. The third-order valence-electron chi connectivity index (χ3n) is 13.9. The quantitative estimate of drug-likeness (QED) is 0.139. The highest BCUT2D eigenvalue weighted by atomic mass is 15.1. The Balaban J connectivity index is 0.998. The van der Waals surface area contributed by atoms with E-state index in [0.717, 1.165) is 60.3 Å². The van der Waals surface area contributed by atoms with Crippen molar-refractivity contribution in [3.8, 4) is 11.1 Å². The number of anilines is 3. The van der Waals surface area contributed by atoms with Crippen molar-refractivity contribution in [1.29, 1.82) is 0 Å². The second-order valence-corrected chi connectivity index (χ2v) is 18.6. The summed E-state index contributed by atoms with van der Waals surface area (Å²) >= 11 is 0. The number of para-hydroxylation sites is 1. The van der Waals surface area contributed by atoms with E-state index in [-0.39, 0.29) is 5.41 Å². The second kappa shape index (κ2) is 17.3. The molecule has 0 saturated heterocycles. The van der Waals surface area contributed by atoms with Gasteiger partial charge < -0.3 is 9.47 Å². The molecule has 0 spiro atoms. The number of nitrogens with zero attached hydrogens (tertiary/aromatic N) is 2. The van der Waals surface area contributed by atoms with Crippen LogP contribution in [-0.2, 0) is 18.3 Å². The molecule has 6 aromatic carbocycles. The van der Waals surface area contributed by atoms with Gasteiger partial charge in [0.2, 0.25) is 0 Å². The average Bonchev–Trinajstić information content (AvgIpc) is 3.43. The van der Waals surface area contributed by atoms with Gasteiger partial charge in [0.15, 0.2) is 0 Å². The van der Waals surface area contributed by atoms with E-state index >= 15 is 0 Å². The molecule has 0 radical (unpaired) electrons. The highest BCUT2D eigenvalue weighted by molar-refractivity contribution is 6.12. The summed E-state index contributed by atoms with van der Waals surface area (Å²) in [5, 5.41) is 2.56. The van der Waals surface area contributed by atoms with Gasteiger partial charge in [0, 0.05) is 33.5 Å². The molecular formula is C62H58N2. The SMILES string of the molecule is C=C(/C=C\C(=C/C)n1c2ccccc2c2cc3c(cc21)CC(C)c1ccccc1-3)c1ccc(N(c2cccc(C3=CC=CCCC3)c2)c2ccc3c(c2)C(C)(C)C/C=C\C=C/C3)cc1. The second-order valence-electron chi connectivity index (χ2n) is 18.6. The van der Waals surface area contributed by atoms with Gasteiger partial charge in [0.1, 0.15) is 0 Å². The monoisotopic (exact) mass is 830 g/mol. The molecule has 10 rings (SSSR count). The van der Waals surface area contributed by atoms with E-state index in [4.69, 9.17) is 0 Å². The Bertz CT molecular complexity index is 3120. The van der Waals surface area contributed by atoms with Crippen LogP contribution in [-0.4, -0.2) is 4.57 Å². The number of hydrogen-bond donors (Lipinski definition) is 0. The lowest BCUT2D eigenvalue weighted by atomic mass is 9.78. The molecular weight excluding hydrogens is 773 g/mol. The Hall–Kier alpha value is -6.90. The summed E-state index contributed by atoms with van der Waals surface area (Å²) in [5.41, 5.74) is 20.1. The first kappa shape index (κ1) is 41.1. The standard InChI is InChI=1S/C62H58N2/c1-6-50(64-60-28-17-16-27-56(60)58-42-57-49(40-61(58)64)38-44(3)54-25-14-15-26-55(54)57)33-29-43(2)45-30-34-51(35-31-45)63(52-24-19-23-48(39-52)46-20-11-7-8-12-21-46)53-36-32-47-22-13-9-10-18-37-62(4,5)59(47)41-53/h6-7,9-11,13-20,23-36,39-42,44H,2,8,12,21-22,37-38H2,1,3-5H3/b13-9-,18-10-,33-29-,50-6+. The Morgan fingerprint density at radius 3 is 2.38 bits per heavy atom. The maximum atomic E-state index is 4.62. The van der Waals surface area contributed by atoms with E-state index in [2.05, 4.69) is 232 Å². The molecule has 1 heterocycles. The lowest BCUT2D eigenvalue weighted by Crippen LogP contribution is -2.20. The van der Waals surface area contributed by atoms with Crippen molar-refractivity contribution in [3.05, 3.63) is 228 Å². The van der Waals surface area contributed by atoms with Gasteiger partial charge in [-0.15, -0.1) is 0 Å². The van der Waals surface area contributed by atoms with Crippen molar-refractivity contribution in [2.24, 2.45) is 0 Å². The number of aromatic nitrogens is 1. The lowest BCUT2D eigenvalue weighted by molar-refractivity contribution is 0.530. The third kappa shape index (κ3) is 7.77. The molecule has 0 amide bonds. The fraction of sp³-hybridized carbons (Fsp3) is 0.194. The predicted molar refractivity (Wildman–Crippen MR) is 277 cm³/mol. The molecule has 3 aliphatic carbocycles. The first-order valence-corrected chi connectivity index (χ1v) is 23.3. The zero-order chi connectivity index (χ0) is 43.8. The van der Waals surface area contributed by atoms with Crippen LogP contribution >= 0.6 is 0 Å². The maximum Gasteiger partial charge on any atom is 0.0544 e. The molecule has 2 nitrogen and oxygen atoms in total. The Morgan fingerprint density at radius 1 is 0.703 bits per heavy atom. The zero-order valence-electron chi connectivity index (χ0n) is 37.8. The Kier molecular flexibility index (Phi) is 11.1. The van der Waals surface area contributed by atoms with Crippen LogP contribution in [0.5, 0.6) is 0 Å². The van der Waals surface area contributed by atoms with E-state index < -0.39 is 0 Å². The molecule has 1 unspecified atom stereocenters. The smallest absolute Gasteiger partial charge is 0.0544 e. The van der Waals surface area contributed by atoms with E-state index in [1.807, 2.05) is 0 Å². The van der Waals surface area contributed by atoms with Crippen molar-refractivity contribution in [2.75, 3.05) is 4.90 Å². The van der Waals surface area contributed by atoms with E-state index in [1.165, 1.54) is 78.4 Å². The molecule has 1 aromatic heterocycles. The number of rotatable bonds is 8. The summed E-state index contributed by atoms with van der Waals surface area (Å²) in [5.74, 6) is 0.479. The predicted octanol–water partition coefficient (Wildman–Crippen LogP) is 17.2. The first-order valence-electron chi connectivity index (χ1n) is 23.3. The van der Waals surface area contributed by atoms with Crippen molar-refractivity contribution in [3.63, 3.8) is 0 Å². The molecule has 2 heteroatoms. The molecule has 1 atom stereocenters. The van der Waals surface area contributed by atoms with Crippen LogP contribution in [0.15, 0.2) is 195 Å². The molecule has 7 aromatic rings. The lowest BCUT2D eigenvalue weighted by Gasteiger charge is -2.31. The van der Waals surface area contributed by atoms with Gasteiger partial charge in [-0.25, -0.2) is 0 Å². The van der Waals surface area contributed by atoms with E-state index in [9.17, 15) is 0 Å². The largest absolute Gasteiger partial charge is 0.310 e. The van der Waals surface area contributed by atoms with Crippen molar-refractivity contribution < 1.29 is 0 Å². The summed E-state index contributed by atoms with van der Waals surface area (Å²) in [6.45, 7) is 13.9. The van der Waals surface area contributed by atoms with Gasteiger partial charge >= 0.3 is 0 Å². The average molecular weight is 831 g/mol. The Morgan fingerprint density at radius 2 is 1.50 bits per heavy atom. The fourth-order valence-corrected chi connectivity index (χ4v) is 10.4. The number of fused-ring (bicyclic) bond motifs is 7. The summed E-state index contributed by atoms with van der Waals surface area (Å²) in [7, 11) is 0. The molecule has 0 fully saturated rings. The molecule has 3 aliphatic rings. The van der Waals surface area contributed by atoms with Gasteiger partial charge in [-0.2, -0.15) is 0 Å². The van der Waals surface area contributed by atoms with Crippen molar-refractivity contribution in [1.82, 2.24) is 4.57 Å². The molecule has 316 valence electrons. The van der Waals surface area contributed by atoms with Crippen LogP contribution < -0.4 is 4.90 Å². The van der Waals surface area contributed by atoms with Gasteiger partial charge in [-0.1, -0.05) is 155 Å². The van der Waals surface area contributed by atoms with Crippen LogP contribution in [0.2, 0.25) is 0 Å². The molecule has 64 heavy (non-hydrogen) atoms. The molecule has 0 aliphatic heterocycles. The van der Waals surface area contributed by atoms with Gasteiger partial charge in [-0.05, 0) is 173 Å². The van der Waals surface area contributed by atoms with Crippen LogP contribution in [0.3, 0.4) is 0 Å². The van der Waals surface area contributed by atoms with Crippen molar-refractivity contribution in [2.45, 2.75) is 77.6 Å². The minimum absolute atomic E-state index is 0.0119. The molecule has 0 bridgehead atoms. The van der Waals surface area contributed by atoms with Gasteiger partial charge in [-0.3, -0.25) is 0 Å². The summed E-state index contributed by atoms with van der Waals surface area (Å²) in [4.78, 5) is 2.44. The minimum Gasteiger partial charge on any atom is -0.310 e. The topological polar surface area (TPSA) is 8.17 Å². The molecule has 0 saturated carbocycles. The number of allylic oxidation sites excluding steroid dienone is 13. The normalized spacial score (nSPS) is 18.0. The minimum atomic E-state index is -0.0119. The van der Waals surface area contributed by atoms with Crippen LogP contribution in [0.25, 0.3) is 49.8 Å². The number of hydrogen-bond acceptors (Lipinski definition) is 1. The highest BCUT2D eigenvalue weighted by Crippen LogP contribution is 2.45.